The SMILES string of the molecule is CCCN(CC1CCCCN1)C(=O)C1CCCO1. The van der Waals surface area contributed by atoms with Gasteiger partial charge >= 0.3 is 0 Å². The van der Waals surface area contributed by atoms with Gasteiger partial charge < -0.3 is 15.0 Å². The number of hydrogen-bond acceptors (Lipinski definition) is 3. The second kappa shape index (κ2) is 7.10. The number of ether oxygens (including phenoxy) is 1. The van der Waals surface area contributed by atoms with E-state index in [0.29, 0.717) is 6.04 Å². The third kappa shape index (κ3) is 3.69. The van der Waals surface area contributed by atoms with Gasteiger partial charge in [0.2, 0.25) is 0 Å². The highest BCUT2D eigenvalue weighted by Crippen LogP contribution is 2.16. The van der Waals surface area contributed by atoms with Crippen molar-refractivity contribution in [3.05, 3.63) is 0 Å². The lowest BCUT2D eigenvalue weighted by molar-refractivity contribution is -0.141. The average molecular weight is 254 g/mol. The van der Waals surface area contributed by atoms with E-state index in [1.807, 2.05) is 4.90 Å². The van der Waals surface area contributed by atoms with Gasteiger partial charge in [-0.25, -0.2) is 0 Å². The van der Waals surface area contributed by atoms with Gasteiger partial charge in [-0.2, -0.15) is 0 Å². The lowest BCUT2D eigenvalue weighted by Crippen LogP contribution is -2.48. The van der Waals surface area contributed by atoms with Crippen LogP contribution < -0.4 is 5.32 Å². The van der Waals surface area contributed by atoms with Crippen molar-refractivity contribution in [1.29, 1.82) is 0 Å². The second-order valence-electron chi connectivity index (χ2n) is 5.43. The third-order valence-electron chi connectivity index (χ3n) is 3.86. The molecule has 0 spiro atoms. The van der Waals surface area contributed by atoms with Crippen LogP contribution in [0, 0.1) is 0 Å². The Morgan fingerprint density at radius 2 is 2.22 bits per heavy atom. The predicted octanol–water partition coefficient (Wildman–Crippen LogP) is 1.55. The summed E-state index contributed by atoms with van der Waals surface area (Å²) in [6.07, 6.45) is 6.52. The van der Waals surface area contributed by atoms with E-state index in [2.05, 4.69) is 12.2 Å². The molecule has 0 bridgehead atoms. The predicted molar refractivity (Wildman–Crippen MR) is 71.5 cm³/mol. The molecule has 104 valence electrons. The zero-order valence-corrected chi connectivity index (χ0v) is 11.5. The van der Waals surface area contributed by atoms with Gasteiger partial charge in [-0.15, -0.1) is 0 Å². The molecular formula is C14H26N2O2. The summed E-state index contributed by atoms with van der Waals surface area (Å²) in [7, 11) is 0. The van der Waals surface area contributed by atoms with Crippen LogP contribution in [-0.2, 0) is 9.53 Å². The zero-order valence-electron chi connectivity index (χ0n) is 11.5. The first kappa shape index (κ1) is 13.8. The molecular weight excluding hydrogens is 228 g/mol. The highest BCUT2D eigenvalue weighted by molar-refractivity contribution is 5.81. The topological polar surface area (TPSA) is 41.6 Å². The number of piperidine rings is 1. The van der Waals surface area contributed by atoms with Crippen LogP contribution in [0.2, 0.25) is 0 Å². The van der Waals surface area contributed by atoms with E-state index < -0.39 is 0 Å². The van der Waals surface area contributed by atoms with E-state index in [9.17, 15) is 4.79 Å². The minimum atomic E-state index is -0.167. The van der Waals surface area contributed by atoms with Gasteiger partial charge in [0.25, 0.3) is 5.91 Å². The average Bonchev–Trinajstić information content (AvgIpc) is 2.92. The molecule has 1 N–H and O–H groups in total. The zero-order chi connectivity index (χ0) is 12.8. The molecule has 1 amide bonds. The fourth-order valence-corrected chi connectivity index (χ4v) is 2.88. The van der Waals surface area contributed by atoms with Gasteiger partial charge in [-0.1, -0.05) is 13.3 Å². The largest absolute Gasteiger partial charge is 0.368 e. The van der Waals surface area contributed by atoms with Crippen LogP contribution in [0.5, 0.6) is 0 Å². The van der Waals surface area contributed by atoms with Crippen molar-refractivity contribution < 1.29 is 9.53 Å². The molecule has 4 heteroatoms. The van der Waals surface area contributed by atoms with Crippen LogP contribution in [0.15, 0.2) is 0 Å². The molecule has 4 nitrogen and oxygen atoms in total. The number of nitrogens with zero attached hydrogens (tertiary/aromatic N) is 1. The number of carbonyl (C=O) groups is 1. The maximum absolute atomic E-state index is 12.4. The molecule has 0 aromatic rings. The van der Waals surface area contributed by atoms with Crippen molar-refractivity contribution in [2.75, 3.05) is 26.2 Å². The summed E-state index contributed by atoms with van der Waals surface area (Å²) in [5.41, 5.74) is 0. The first-order chi connectivity index (χ1) is 8.81. The summed E-state index contributed by atoms with van der Waals surface area (Å²) in [4.78, 5) is 14.4. The number of hydrogen-bond donors (Lipinski definition) is 1. The highest BCUT2D eigenvalue weighted by atomic mass is 16.5. The Hall–Kier alpha value is -0.610. The van der Waals surface area contributed by atoms with Crippen LogP contribution in [-0.4, -0.2) is 49.2 Å². The van der Waals surface area contributed by atoms with E-state index >= 15 is 0 Å². The van der Waals surface area contributed by atoms with Crippen molar-refractivity contribution in [3.8, 4) is 0 Å². The summed E-state index contributed by atoms with van der Waals surface area (Å²) in [6.45, 7) is 5.68. The van der Waals surface area contributed by atoms with Gasteiger partial charge in [-0.3, -0.25) is 4.79 Å². The lowest BCUT2D eigenvalue weighted by Gasteiger charge is -2.31. The van der Waals surface area contributed by atoms with E-state index in [0.717, 1.165) is 45.5 Å². The summed E-state index contributed by atoms with van der Waals surface area (Å²) in [6, 6.07) is 0.482. The normalized spacial score (nSPS) is 28.3. The van der Waals surface area contributed by atoms with Crippen molar-refractivity contribution in [1.82, 2.24) is 10.2 Å². The van der Waals surface area contributed by atoms with Gasteiger partial charge in [0, 0.05) is 25.7 Å². The summed E-state index contributed by atoms with van der Waals surface area (Å²) >= 11 is 0. The summed E-state index contributed by atoms with van der Waals surface area (Å²) in [5, 5.41) is 3.52. The van der Waals surface area contributed by atoms with Gasteiger partial charge in [0.1, 0.15) is 6.10 Å². The number of nitrogens with one attached hydrogen (secondary N) is 1. The molecule has 2 saturated heterocycles. The Morgan fingerprint density at radius 3 is 2.83 bits per heavy atom. The number of rotatable bonds is 5. The Labute approximate surface area is 110 Å². The number of carbonyl (C=O) groups excluding carboxylic acids is 1. The molecule has 2 aliphatic heterocycles. The van der Waals surface area contributed by atoms with Gasteiger partial charge in [0.05, 0.1) is 0 Å². The minimum absolute atomic E-state index is 0.167. The maximum atomic E-state index is 12.4. The Bertz CT molecular complexity index is 259. The van der Waals surface area contributed by atoms with E-state index in [4.69, 9.17) is 4.74 Å². The van der Waals surface area contributed by atoms with Crippen LogP contribution in [0.25, 0.3) is 0 Å². The fourth-order valence-electron chi connectivity index (χ4n) is 2.88. The van der Waals surface area contributed by atoms with E-state index in [-0.39, 0.29) is 12.0 Å². The van der Waals surface area contributed by atoms with Crippen molar-refractivity contribution >= 4 is 5.91 Å². The Kier molecular flexibility index (Phi) is 5.45. The first-order valence-corrected chi connectivity index (χ1v) is 7.45. The maximum Gasteiger partial charge on any atom is 0.251 e. The molecule has 2 aliphatic rings. The van der Waals surface area contributed by atoms with Crippen LogP contribution >= 0.6 is 0 Å². The molecule has 0 radical (unpaired) electrons. The van der Waals surface area contributed by atoms with Crippen LogP contribution in [0.3, 0.4) is 0 Å². The minimum Gasteiger partial charge on any atom is -0.368 e. The summed E-state index contributed by atoms with van der Waals surface area (Å²) < 4.78 is 5.52. The lowest BCUT2D eigenvalue weighted by atomic mass is 10.0. The van der Waals surface area contributed by atoms with Crippen molar-refractivity contribution in [3.63, 3.8) is 0 Å². The number of amides is 1. The van der Waals surface area contributed by atoms with Crippen LogP contribution in [0.4, 0.5) is 0 Å². The quantitative estimate of drug-likeness (QED) is 0.809. The van der Waals surface area contributed by atoms with Crippen molar-refractivity contribution in [2.24, 2.45) is 0 Å². The molecule has 0 saturated carbocycles. The Balaban J connectivity index is 1.87. The summed E-state index contributed by atoms with van der Waals surface area (Å²) in [5.74, 6) is 0.210. The molecule has 0 aliphatic carbocycles. The molecule has 2 atom stereocenters. The molecule has 0 aromatic carbocycles. The van der Waals surface area contributed by atoms with E-state index in [1.54, 1.807) is 0 Å². The second-order valence-corrected chi connectivity index (χ2v) is 5.43. The molecule has 2 heterocycles. The molecule has 18 heavy (non-hydrogen) atoms. The highest BCUT2D eigenvalue weighted by Gasteiger charge is 2.29. The smallest absolute Gasteiger partial charge is 0.251 e. The van der Waals surface area contributed by atoms with E-state index in [1.165, 1.54) is 19.3 Å². The third-order valence-corrected chi connectivity index (χ3v) is 3.86. The molecule has 2 fully saturated rings. The van der Waals surface area contributed by atoms with Crippen molar-refractivity contribution in [2.45, 2.75) is 57.6 Å². The molecule has 2 rings (SSSR count). The standard InChI is InChI=1S/C14H26N2O2/c1-2-9-16(11-12-6-3-4-8-15-12)14(17)13-7-5-10-18-13/h12-13,15H,2-11H2,1H3. The van der Waals surface area contributed by atoms with Gasteiger partial charge in [-0.05, 0) is 38.6 Å². The monoisotopic (exact) mass is 254 g/mol. The fraction of sp³-hybridized carbons (Fsp3) is 0.929. The van der Waals surface area contributed by atoms with Gasteiger partial charge in [0.15, 0.2) is 0 Å². The Morgan fingerprint density at radius 1 is 1.33 bits per heavy atom. The first-order valence-electron chi connectivity index (χ1n) is 7.45. The molecule has 0 aromatic heterocycles. The van der Waals surface area contributed by atoms with Crippen LogP contribution in [0.1, 0.15) is 45.4 Å². The molecule has 2 unspecified atom stereocenters.